The fourth-order valence-electron chi connectivity index (χ4n) is 5.62. The van der Waals surface area contributed by atoms with Crippen LogP contribution in [0.3, 0.4) is 0 Å². The lowest BCUT2D eigenvalue weighted by Gasteiger charge is -2.39. The van der Waals surface area contributed by atoms with Crippen molar-refractivity contribution in [2.45, 2.75) is 70.4 Å². The third-order valence-electron chi connectivity index (χ3n) is 7.83. The zero-order valence-corrected chi connectivity index (χ0v) is 23.8. The van der Waals surface area contributed by atoms with Crippen molar-refractivity contribution in [2.24, 2.45) is 0 Å². The smallest absolute Gasteiger partial charge is 0.410 e. The standard InChI is InChI=1S/C29H36N4O5S/c1-18-14-30-27-23(18)13-21(15-31-27)20-11-19-7-8-32(39(35,36)22-5-6-22)16-25(19)24(12-20)26-17-37-10-9-33(26)28(34)38-29(2,3)4/h11-15,22,26H,5-10,16-17H2,1-4H3,(H,30,31)/t26-/m0/s1. The quantitative estimate of drug-likeness (QED) is 0.503. The fourth-order valence-corrected chi connectivity index (χ4v) is 7.43. The van der Waals surface area contributed by atoms with Gasteiger partial charge in [-0.25, -0.2) is 18.2 Å². The number of H-pyrrole nitrogens is 1. The van der Waals surface area contributed by atoms with Crippen LogP contribution in [0.25, 0.3) is 22.2 Å². The van der Waals surface area contributed by atoms with Gasteiger partial charge in [0.05, 0.1) is 24.5 Å². The molecule has 0 spiro atoms. The van der Waals surface area contributed by atoms with Crippen LogP contribution in [0.1, 0.15) is 61.9 Å². The maximum absolute atomic E-state index is 13.3. The summed E-state index contributed by atoms with van der Waals surface area (Å²) in [6.07, 6.45) is 5.50. The van der Waals surface area contributed by atoms with E-state index in [4.69, 9.17) is 9.47 Å². The Hall–Kier alpha value is -2.95. The summed E-state index contributed by atoms with van der Waals surface area (Å²) in [5.74, 6) is 0. The number of aromatic nitrogens is 2. The molecule has 1 saturated heterocycles. The lowest BCUT2D eigenvalue weighted by atomic mass is 9.87. The maximum Gasteiger partial charge on any atom is 0.410 e. The molecule has 2 fully saturated rings. The van der Waals surface area contributed by atoms with E-state index in [2.05, 4.69) is 35.1 Å². The number of carbonyl (C=O) groups excluding carboxylic acids is 1. The Kier molecular flexibility index (Phi) is 6.47. The second-order valence-corrected chi connectivity index (χ2v) is 14.1. The number of ether oxygens (including phenoxy) is 2. The Morgan fingerprint density at radius 1 is 1.15 bits per heavy atom. The summed E-state index contributed by atoms with van der Waals surface area (Å²) < 4.78 is 39.7. The number of nitrogens with one attached hydrogen (secondary N) is 1. The van der Waals surface area contributed by atoms with Gasteiger partial charge >= 0.3 is 6.09 Å². The molecule has 1 aromatic carbocycles. The van der Waals surface area contributed by atoms with Crippen LogP contribution in [0, 0.1) is 6.92 Å². The molecule has 3 aromatic rings. The molecule has 6 rings (SSSR count). The highest BCUT2D eigenvalue weighted by Crippen LogP contribution is 2.39. The Bertz CT molecular complexity index is 1540. The number of aromatic amines is 1. The van der Waals surface area contributed by atoms with E-state index in [1.807, 2.05) is 33.2 Å². The van der Waals surface area contributed by atoms with Gasteiger partial charge in [0.1, 0.15) is 11.2 Å². The van der Waals surface area contributed by atoms with E-state index < -0.39 is 21.7 Å². The first-order valence-electron chi connectivity index (χ1n) is 13.7. The maximum atomic E-state index is 13.3. The summed E-state index contributed by atoms with van der Waals surface area (Å²) in [5, 5.41) is 0.797. The zero-order valence-electron chi connectivity index (χ0n) is 23.0. The highest BCUT2D eigenvalue weighted by molar-refractivity contribution is 7.90. The molecule has 9 nitrogen and oxygen atoms in total. The number of morpholine rings is 1. The van der Waals surface area contributed by atoms with Crippen LogP contribution in [0.5, 0.6) is 0 Å². The van der Waals surface area contributed by atoms with Crippen LogP contribution < -0.4 is 0 Å². The summed E-state index contributed by atoms with van der Waals surface area (Å²) in [4.78, 5) is 22.9. The number of aryl methyl sites for hydroxylation is 1. The molecule has 2 aliphatic heterocycles. The Labute approximate surface area is 229 Å². The zero-order chi connectivity index (χ0) is 27.5. The van der Waals surface area contributed by atoms with Crippen molar-refractivity contribution in [2.75, 3.05) is 26.3 Å². The van der Waals surface area contributed by atoms with Crippen molar-refractivity contribution in [1.29, 1.82) is 0 Å². The first-order chi connectivity index (χ1) is 18.5. The van der Waals surface area contributed by atoms with Crippen LogP contribution in [-0.4, -0.2) is 70.8 Å². The van der Waals surface area contributed by atoms with E-state index in [0.717, 1.165) is 57.3 Å². The van der Waals surface area contributed by atoms with E-state index in [0.29, 0.717) is 39.3 Å². The number of fused-ring (bicyclic) bond motifs is 2. The normalized spacial score (nSPS) is 20.7. The van der Waals surface area contributed by atoms with E-state index in [-0.39, 0.29) is 11.3 Å². The van der Waals surface area contributed by atoms with Gasteiger partial charge in [0.15, 0.2) is 0 Å². The van der Waals surface area contributed by atoms with Crippen LogP contribution >= 0.6 is 0 Å². The molecule has 4 heterocycles. The molecule has 2 aromatic heterocycles. The molecule has 0 bridgehead atoms. The van der Waals surface area contributed by atoms with Gasteiger partial charge in [-0.2, -0.15) is 4.31 Å². The molecule has 3 aliphatic rings. The molecule has 1 aliphatic carbocycles. The average molecular weight is 553 g/mol. The molecule has 0 radical (unpaired) electrons. The van der Waals surface area contributed by atoms with E-state index in [1.165, 1.54) is 0 Å². The number of hydrogen-bond acceptors (Lipinski definition) is 6. The second kappa shape index (κ2) is 9.60. The van der Waals surface area contributed by atoms with E-state index >= 15 is 0 Å². The summed E-state index contributed by atoms with van der Waals surface area (Å²) in [6, 6.07) is 5.99. The summed E-state index contributed by atoms with van der Waals surface area (Å²) in [6.45, 7) is 9.53. The molecule has 10 heteroatoms. The predicted molar refractivity (Wildman–Crippen MR) is 149 cm³/mol. The van der Waals surface area contributed by atoms with Crippen molar-refractivity contribution in [3.8, 4) is 11.1 Å². The molecule has 1 N–H and O–H groups in total. The van der Waals surface area contributed by atoms with Gasteiger partial charge in [-0.3, -0.25) is 4.90 Å². The monoisotopic (exact) mass is 552 g/mol. The van der Waals surface area contributed by atoms with Gasteiger partial charge in [-0.15, -0.1) is 0 Å². The lowest BCUT2D eigenvalue weighted by Crippen LogP contribution is -2.46. The lowest BCUT2D eigenvalue weighted by molar-refractivity contribution is -0.0333. The van der Waals surface area contributed by atoms with Gasteiger partial charge < -0.3 is 14.5 Å². The third-order valence-corrected chi connectivity index (χ3v) is 10.2. The van der Waals surface area contributed by atoms with Gasteiger partial charge in [0.25, 0.3) is 0 Å². The van der Waals surface area contributed by atoms with Crippen molar-refractivity contribution < 1.29 is 22.7 Å². The van der Waals surface area contributed by atoms with Crippen molar-refractivity contribution in [1.82, 2.24) is 19.2 Å². The topological polar surface area (TPSA) is 105 Å². The number of rotatable bonds is 4. The fraction of sp³-hybridized carbons (Fsp3) is 0.517. The highest BCUT2D eigenvalue weighted by Gasteiger charge is 2.42. The Balaban J connectivity index is 1.46. The molecule has 0 unspecified atom stereocenters. The first-order valence-corrected chi connectivity index (χ1v) is 15.2. The van der Waals surface area contributed by atoms with E-state index in [9.17, 15) is 13.2 Å². The minimum absolute atomic E-state index is 0.263. The van der Waals surface area contributed by atoms with Crippen LogP contribution in [-0.2, 0) is 32.5 Å². The molecule has 1 atom stereocenters. The number of nitrogens with zero attached hydrogens (tertiary/aromatic N) is 3. The predicted octanol–water partition coefficient (Wildman–Crippen LogP) is 4.70. The van der Waals surface area contributed by atoms with Gasteiger partial charge in [0, 0.05) is 43.0 Å². The molecular formula is C29H36N4O5S. The number of sulfonamides is 1. The molecular weight excluding hydrogens is 516 g/mol. The first kappa shape index (κ1) is 26.3. The van der Waals surface area contributed by atoms with Crippen LogP contribution in [0.2, 0.25) is 0 Å². The van der Waals surface area contributed by atoms with Gasteiger partial charge in [-0.05, 0) is 86.9 Å². The van der Waals surface area contributed by atoms with Crippen molar-refractivity contribution in [3.63, 3.8) is 0 Å². The molecule has 39 heavy (non-hydrogen) atoms. The Morgan fingerprint density at radius 3 is 2.69 bits per heavy atom. The number of amides is 1. The SMILES string of the molecule is Cc1c[nH]c2ncc(-c3cc4c(c([C@@H]5COCCN5C(=O)OC(C)(C)C)c3)CN(S(=O)(=O)C3CC3)CC4)cc12. The van der Waals surface area contributed by atoms with Crippen molar-refractivity contribution >= 4 is 27.1 Å². The Morgan fingerprint density at radius 2 is 1.95 bits per heavy atom. The molecule has 1 amide bonds. The van der Waals surface area contributed by atoms with Gasteiger partial charge in [-0.1, -0.05) is 6.07 Å². The molecule has 208 valence electrons. The number of hydrogen-bond donors (Lipinski definition) is 1. The largest absolute Gasteiger partial charge is 0.444 e. The second-order valence-electron chi connectivity index (χ2n) is 11.9. The summed E-state index contributed by atoms with van der Waals surface area (Å²) >= 11 is 0. The third kappa shape index (κ3) is 5.05. The van der Waals surface area contributed by atoms with Crippen LogP contribution in [0.15, 0.2) is 30.6 Å². The number of benzene rings is 1. The number of carbonyl (C=O) groups is 1. The number of pyridine rings is 1. The average Bonchev–Trinajstić information content (AvgIpc) is 3.71. The van der Waals surface area contributed by atoms with Crippen LogP contribution in [0.4, 0.5) is 4.79 Å². The minimum atomic E-state index is -3.33. The highest BCUT2D eigenvalue weighted by atomic mass is 32.2. The minimum Gasteiger partial charge on any atom is -0.444 e. The molecule has 1 saturated carbocycles. The van der Waals surface area contributed by atoms with Crippen molar-refractivity contribution in [3.05, 3.63) is 52.8 Å². The summed E-state index contributed by atoms with van der Waals surface area (Å²) in [5.41, 5.74) is 6.27. The summed E-state index contributed by atoms with van der Waals surface area (Å²) in [7, 11) is -3.33. The van der Waals surface area contributed by atoms with Gasteiger partial charge in [0.2, 0.25) is 10.0 Å². The van der Waals surface area contributed by atoms with E-state index in [1.54, 1.807) is 9.21 Å².